The molecule has 8 nitrogen and oxygen atoms in total. The molecule has 1 saturated carbocycles. The quantitative estimate of drug-likeness (QED) is 0.255. The van der Waals surface area contributed by atoms with Gasteiger partial charge in [0.1, 0.15) is 28.9 Å². The number of aliphatic hydroxyl groups is 1. The molecule has 1 aliphatic carbocycles. The number of hydrogen-bond acceptors (Lipinski definition) is 6. The highest BCUT2D eigenvalue weighted by atomic mass is 19.1. The number of rotatable bonds is 8. The summed E-state index contributed by atoms with van der Waals surface area (Å²) in [6, 6.07) is 11.6. The van der Waals surface area contributed by atoms with Crippen LogP contribution in [-0.4, -0.2) is 60.4 Å². The molecule has 2 aromatic carbocycles. The second-order valence-corrected chi connectivity index (χ2v) is 10.6. The van der Waals surface area contributed by atoms with Crippen molar-refractivity contribution >= 4 is 22.7 Å². The first-order valence-electron chi connectivity index (χ1n) is 13.8. The summed E-state index contributed by atoms with van der Waals surface area (Å²) in [7, 11) is 1.55. The molecular weight excluding hydrogens is 525 g/mol. The number of aliphatic hydroxyl groups excluding tert-OH is 1. The average molecular weight is 556 g/mol. The first-order chi connectivity index (χ1) is 20.0. The fourth-order valence-electron chi connectivity index (χ4n) is 5.28. The molecule has 4 aromatic rings. The molecule has 2 aromatic heterocycles. The third-order valence-electron chi connectivity index (χ3n) is 7.68. The van der Waals surface area contributed by atoms with E-state index >= 15 is 4.39 Å². The predicted molar refractivity (Wildman–Crippen MR) is 152 cm³/mol. The van der Waals surface area contributed by atoms with Crippen LogP contribution in [0.25, 0.3) is 38.4 Å². The maximum absolute atomic E-state index is 15.3. The molecule has 1 amide bonds. The van der Waals surface area contributed by atoms with Gasteiger partial charge in [0, 0.05) is 49.8 Å². The Balaban J connectivity index is 1.38. The summed E-state index contributed by atoms with van der Waals surface area (Å²) < 4.78 is 33.2. The van der Waals surface area contributed by atoms with Crippen LogP contribution in [0.1, 0.15) is 47.5 Å². The van der Waals surface area contributed by atoms with Gasteiger partial charge in [-0.3, -0.25) is 9.78 Å². The van der Waals surface area contributed by atoms with Crippen LogP contribution in [0.15, 0.2) is 53.1 Å². The number of ether oxygens (including phenoxy) is 2. The van der Waals surface area contributed by atoms with Gasteiger partial charge in [-0.2, -0.15) is 0 Å². The Morgan fingerprint density at radius 3 is 2.68 bits per heavy atom. The maximum Gasteiger partial charge on any atom is 0.253 e. The predicted octanol–water partition coefficient (Wildman–Crippen LogP) is 6.35. The monoisotopic (exact) mass is 555 g/mol. The van der Waals surface area contributed by atoms with Crippen molar-refractivity contribution < 1.29 is 28.2 Å². The van der Waals surface area contributed by atoms with Crippen LogP contribution >= 0.6 is 0 Å². The molecule has 3 heterocycles. The molecule has 2 fully saturated rings. The molecule has 0 radical (unpaired) electrons. The first kappa shape index (κ1) is 26.9. The number of halogens is 1. The van der Waals surface area contributed by atoms with Crippen LogP contribution in [0.4, 0.5) is 10.1 Å². The Hall–Kier alpha value is -4.26. The van der Waals surface area contributed by atoms with Gasteiger partial charge in [-0.1, -0.05) is 6.07 Å². The molecule has 210 valence electrons. The minimum atomic E-state index is -0.596. The van der Waals surface area contributed by atoms with Crippen molar-refractivity contribution in [1.82, 2.24) is 9.88 Å². The minimum absolute atomic E-state index is 0.0176. The number of nitrogens with zero attached hydrogens (tertiary/aromatic N) is 3. The number of carbonyl (C=O) groups is 1. The second kappa shape index (κ2) is 11.3. The van der Waals surface area contributed by atoms with E-state index in [9.17, 15) is 4.79 Å². The molecule has 1 aliphatic heterocycles. The van der Waals surface area contributed by atoms with Crippen LogP contribution in [-0.2, 0) is 4.74 Å². The zero-order valence-electron chi connectivity index (χ0n) is 22.7. The maximum atomic E-state index is 15.3. The Morgan fingerprint density at radius 1 is 1.17 bits per heavy atom. The number of benzene rings is 2. The van der Waals surface area contributed by atoms with Crippen molar-refractivity contribution in [2.75, 3.05) is 33.4 Å². The van der Waals surface area contributed by atoms with E-state index in [1.165, 1.54) is 17.0 Å². The van der Waals surface area contributed by atoms with Crippen molar-refractivity contribution in [3.05, 3.63) is 77.0 Å². The number of carbonyl (C=O) groups excluding carboxylic acids is 1. The van der Waals surface area contributed by atoms with Crippen LogP contribution in [0, 0.1) is 12.4 Å². The summed E-state index contributed by atoms with van der Waals surface area (Å²) in [4.78, 5) is 22.3. The molecule has 2 aliphatic rings. The van der Waals surface area contributed by atoms with E-state index in [1.54, 1.807) is 19.2 Å². The normalized spacial score (nSPS) is 15.6. The lowest BCUT2D eigenvalue weighted by Crippen LogP contribution is -2.29. The van der Waals surface area contributed by atoms with Gasteiger partial charge in [0.2, 0.25) is 5.69 Å². The third kappa shape index (κ3) is 5.41. The fraction of sp³-hybridized carbons (Fsp3) is 0.344. The van der Waals surface area contributed by atoms with Crippen molar-refractivity contribution in [1.29, 1.82) is 0 Å². The Bertz CT molecular complexity index is 1650. The molecule has 0 bridgehead atoms. The van der Waals surface area contributed by atoms with Crippen molar-refractivity contribution in [3.8, 4) is 28.2 Å². The van der Waals surface area contributed by atoms with Crippen molar-refractivity contribution in [3.63, 3.8) is 0 Å². The molecule has 41 heavy (non-hydrogen) atoms. The number of furan rings is 1. The highest BCUT2D eigenvalue weighted by Crippen LogP contribution is 2.48. The summed E-state index contributed by atoms with van der Waals surface area (Å²) >= 11 is 0. The number of hydrogen-bond donors (Lipinski definition) is 1. The molecule has 0 unspecified atom stereocenters. The van der Waals surface area contributed by atoms with E-state index in [0.717, 1.165) is 42.4 Å². The molecule has 0 atom stereocenters. The van der Waals surface area contributed by atoms with Crippen molar-refractivity contribution in [2.24, 2.45) is 0 Å². The molecule has 1 saturated heterocycles. The highest BCUT2D eigenvalue weighted by molar-refractivity contribution is 5.97. The molecule has 9 heteroatoms. The fourth-order valence-corrected chi connectivity index (χ4v) is 5.28. The van der Waals surface area contributed by atoms with Gasteiger partial charge < -0.3 is 23.9 Å². The van der Waals surface area contributed by atoms with E-state index in [-0.39, 0.29) is 36.3 Å². The zero-order chi connectivity index (χ0) is 28.5. The summed E-state index contributed by atoms with van der Waals surface area (Å²) in [6.07, 6.45) is 5.54. The SMILES string of the molecule is [C-]#[N+]c1cc(-c2c(C3CC3)cnc3cc(-c4ccc(C(=O)N(C)CCO)cc4F)oc23)ccc1OC1CCOCC1. The van der Waals surface area contributed by atoms with Crippen LogP contribution in [0.5, 0.6) is 5.75 Å². The van der Waals surface area contributed by atoms with E-state index < -0.39 is 5.82 Å². The molecular formula is C32H30FN3O5. The Labute approximate surface area is 237 Å². The lowest BCUT2D eigenvalue weighted by atomic mass is 9.97. The Morgan fingerprint density at radius 2 is 1.98 bits per heavy atom. The van der Waals surface area contributed by atoms with Gasteiger partial charge >= 0.3 is 0 Å². The summed E-state index contributed by atoms with van der Waals surface area (Å²) in [5.41, 5.74) is 4.64. The summed E-state index contributed by atoms with van der Waals surface area (Å²) in [5, 5.41) is 9.11. The first-order valence-corrected chi connectivity index (χ1v) is 13.8. The number of pyridine rings is 1. The Kier molecular flexibility index (Phi) is 7.43. The van der Waals surface area contributed by atoms with Gasteiger partial charge in [0.05, 0.1) is 32.0 Å². The van der Waals surface area contributed by atoms with Crippen LogP contribution in [0.3, 0.4) is 0 Å². The largest absolute Gasteiger partial charge is 0.501 e. The minimum Gasteiger partial charge on any atom is -0.501 e. The van der Waals surface area contributed by atoms with Gasteiger partial charge in [-0.25, -0.2) is 9.24 Å². The average Bonchev–Trinajstić information content (AvgIpc) is 3.75. The van der Waals surface area contributed by atoms with E-state index in [2.05, 4.69) is 9.83 Å². The van der Waals surface area contributed by atoms with Crippen LogP contribution < -0.4 is 4.74 Å². The van der Waals surface area contributed by atoms with Gasteiger partial charge in [0.25, 0.3) is 5.91 Å². The van der Waals surface area contributed by atoms with E-state index in [0.29, 0.717) is 47.4 Å². The summed E-state index contributed by atoms with van der Waals surface area (Å²) in [5.74, 6) is 0.221. The smallest absolute Gasteiger partial charge is 0.253 e. The standard InChI is InChI=1S/C32H30FN3O5/c1-34-26-16-20(6-8-28(26)40-22-9-13-39-14-10-22)30-24(19-3-4-19)18-35-27-17-29(41-31(27)30)23-7-5-21(15-25(23)33)32(38)36(2)11-12-37/h5-8,15-19,22,37H,3-4,9-14H2,2H3. The van der Waals surface area contributed by atoms with Crippen LogP contribution in [0.2, 0.25) is 0 Å². The lowest BCUT2D eigenvalue weighted by molar-refractivity contribution is 0.0259. The number of amides is 1. The van der Waals surface area contributed by atoms with Gasteiger partial charge in [0.15, 0.2) is 5.58 Å². The van der Waals surface area contributed by atoms with Gasteiger partial charge in [-0.05, 0) is 60.2 Å². The zero-order valence-corrected chi connectivity index (χ0v) is 22.7. The second-order valence-electron chi connectivity index (χ2n) is 10.6. The van der Waals surface area contributed by atoms with E-state index in [4.69, 9.17) is 25.6 Å². The van der Waals surface area contributed by atoms with Gasteiger partial charge in [-0.15, -0.1) is 0 Å². The number of aromatic nitrogens is 1. The molecule has 6 rings (SSSR count). The van der Waals surface area contributed by atoms with Crippen molar-refractivity contribution in [2.45, 2.75) is 37.7 Å². The molecule has 0 spiro atoms. The summed E-state index contributed by atoms with van der Waals surface area (Å²) in [6.45, 7) is 9.09. The van der Waals surface area contributed by atoms with E-state index in [1.807, 2.05) is 24.4 Å². The lowest BCUT2D eigenvalue weighted by Gasteiger charge is -2.24. The third-order valence-corrected chi connectivity index (χ3v) is 7.68. The number of likely N-dealkylation sites (N-methyl/N-ethyl adjacent to an activating group) is 1. The topological polar surface area (TPSA) is 89.4 Å². The number of fused-ring (bicyclic) bond motifs is 1. The molecule has 1 N–H and O–H groups in total. The highest BCUT2D eigenvalue weighted by Gasteiger charge is 2.30.